The number of rotatable bonds is 10. The van der Waals surface area contributed by atoms with Crippen LogP contribution in [0.2, 0.25) is 20.1 Å². The Balaban J connectivity index is 2.11. The van der Waals surface area contributed by atoms with Gasteiger partial charge in [-0.15, -0.1) is 11.8 Å². The first-order chi connectivity index (χ1) is 14.7. The van der Waals surface area contributed by atoms with E-state index in [0.29, 0.717) is 32.4 Å². The van der Waals surface area contributed by atoms with Gasteiger partial charge < -0.3 is 10.2 Å². The second-order valence-electron chi connectivity index (χ2n) is 6.95. The fraction of sp³-hybridized carbons (Fsp3) is 0.364. The smallest absolute Gasteiger partial charge is 0.242 e. The van der Waals surface area contributed by atoms with Crippen molar-refractivity contribution in [3.8, 4) is 0 Å². The Morgan fingerprint density at radius 2 is 1.58 bits per heavy atom. The molecule has 0 aliphatic carbocycles. The van der Waals surface area contributed by atoms with Crippen LogP contribution in [0.15, 0.2) is 36.4 Å². The van der Waals surface area contributed by atoms with Crippen LogP contribution in [-0.4, -0.2) is 35.1 Å². The number of halogens is 4. The molecule has 2 aromatic rings. The van der Waals surface area contributed by atoms with E-state index in [1.165, 1.54) is 16.7 Å². The third-order valence-electron chi connectivity index (χ3n) is 4.57. The molecule has 0 saturated heterocycles. The molecule has 9 heteroatoms. The maximum Gasteiger partial charge on any atom is 0.242 e. The van der Waals surface area contributed by atoms with Gasteiger partial charge in [-0.2, -0.15) is 0 Å². The third kappa shape index (κ3) is 8.07. The number of amides is 2. The van der Waals surface area contributed by atoms with E-state index in [9.17, 15) is 9.59 Å². The van der Waals surface area contributed by atoms with Gasteiger partial charge in [-0.1, -0.05) is 65.5 Å². The monoisotopic (exact) mass is 520 g/mol. The minimum absolute atomic E-state index is 0.166. The number of thioether (sulfide) groups is 1. The lowest BCUT2D eigenvalue weighted by Crippen LogP contribution is -2.48. The summed E-state index contributed by atoms with van der Waals surface area (Å²) < 4.78 is 0. The second-order valence-corrected chi connectivity index (χ2v) is 9.63. The zero-order chi connectivity index (χ0) is 23.0. The molecule has 168 valence electrons. The van der Waals surface area contributed by atoms with Gasteiger partial charge in [0.15, 0.2) is 0 Å². The third-order valence-corrected chi connectivity index (χ3v) is 6.71. The highest BCUT2D eigenvalue weighted by Crippen LogP contribution is 2.26. The van der Waals surface area contributed by atoms with Gasteiger partial charge in [-0.05, 0) is 48.7 Å². The number of benzene rings is 2. The highest BCUT2D eigenvalue weighted by atomic mass is 35.5. The van der Waals surface area contributed by atoms with Gasteiger partial charge in [0.25, 0.3) is 0 Å². The zero-order valence-electron chi connectivity index (χ0n) is 17.3. The predicted octanol–water partition coefficient (Wildman–Crippen LogP) is 6.48. The Morgan fingerprint density at radius 3 is 2.13 bits per heavy atom. The lowest BCUT2D eigenvalue weighted by Gasteiger charge is -2.29. The SMILES string of the molecule is CCCNC(=O)C(C)N(Cc1ccc(Cl)cc1Cl)C(=O)CSCc1ccc(Cl)cc1Cl. The van der Waals surface area contributed by atoms with Gasteiger partial charge in [0.05, 0.1) is 5.75 Å². The molecule has 2 rings (SSSR count). The van der Waals surface area contributed by atoms with Gasteiger partial charge in [-0.25, -0.2) is 0 Å². The molecular formula is C22H24Cl4N2O2S. The maximum absolute atomic E-state index is 13.1. The van der Waals surface area contributed by atoms with Crippen LogP contribution in [0.3, 0.4) is 0 Å². The van der Waals surface area contributed by atoms with Crippen LogP contribution < -0.4 is 5.32 Å². The summed E-state index contributed by atoms with van der Waals surface area (Å²) in [7, 11) is 0. The number of hydrogen-bond acceptors (Lipinski definition) is 3. The molecular weight excluding hydrogens is 498 g/mol. The van der Waals surface area contributed by atoms with Crippen molar-refractivity contribution in [2.75, 3.05) is 12.3 Å². The van der Waals surface area contributed by atoms with E-state index in [1.807, 2.05) is 13.0 Å². The minimum atomic E-state index is -0.648. The molecule has 2 aromatic carbocycles. The fourth-order valence-corrected chi connectivity index (χ4v) is 4.72. The molecule has 2 amide bonds. The van der Waals surface area contributed by atoms with E-state index < -0.39 is 6.04 Å². The number of nitrogens with zero attached hydrogens (tertiary/aromatic N) is 1. The van der Waals surface area contributed by atoms with Crippen molar-refractivity contribution in [1.82, 2.24) is 10.2 Å². The number of carbonyl (C=O) groups is 2. The summed E-state index contributed by atoms with van der Waals surface area (Å²) in [6.45, 7) is 4.45. The van der Waals surface area contributed by atoms with Crippen LogP contribution >= 0.6 is 58.2 Å². The molecule has 0 aromatic heterocycles. The summed E-state index contributed by atoms with van der Waals surface area (Å²) in [6.07, 6.45) is 0.813. The summed E-state index contributed by atoms with van der Waals surface area (Å²) in [5.74, 6) is 0.370. The number of carbonyl (C=O) groups excluding carboxylic acids is 2. The predicted molar refractivity (Wildman–Crippen MR) is 132 cm³/mol. The molecule has 0 radical (unpaired) electrons. The van der Waals surface area contributed by atoms with Crippen LogP contribution in [0.25, 0.3) is 0 Å². The highest BCUT2D eigenvalue weighted by Gasteiger charge is 2.26. The van der Waals surface area contributed by atoms with Gasteiger partial charge in [0, 0.05) is 38.9 Å². The summed E-state index contributed by atoms with van der Waals surface area (Å²) in [6, 6.07) is 9.74. The maximum atomic E-state index is 13.1. The van der Waals surface area contributed by atoms with Gasteiger partial charge in [-0.3, -0.25) is 9.59 Å². The topological polar surface area (TPSA) is 49.4 Å². The second kappa shape index (κ2) is 12.8. The quantitative estimate of drug-likeness (QED) is 0.389. The summed E-state index contributed by atoms with van der Waals surface area (Å²) in [5, 5.41) is 4.93. The van der Waals surface area contributed by atoms with Crippen molar-refractivity contribution >= 4 is 70.0 Å². The molecule has 1 unspecified atom stereocenters. The standard InChI is InChI=1S/C22H24Cl4N2O2S/c1-3-8-27-22(30)14(2)28(11-15-4-6-17(23)9-19(15)25)21(29)13-31-12-16-5-7-18(24)10-20(16)26/h4-7,9-10,14H,3,8,11-13H2,1-2H3,(H,27,30). The number of hydrogen-bond donors (Lipinski definition) is 1. The molecule has 1 N–H and O–H groups in total. The van der Waals surface area contributed by atoms with Crippen LogP contribution in [0.4, 0.5) is 0 Å². The van der Waals surface area contributed by atoms with Crippen molar-refractivity contribution in [3.63, 3.8) is 0 Å². The van der Waals surface area contributed by atoms with E-state index in [1.54, 1.807) is 37.3 Å². The molecule has 4 nitrogen and oxygen atoms in total. The molecule has 0 aliphatic heterocycles. The zero-order valence-corrected chi connectivity index (χ0v) is 21.1. The Kier molecular flexibility index (Phi) is 10.8. The Bertz CT molecular complexity index is 926. The first-order valence-corrected chi connectivity index (χ1v) is 12.4. The summed E-state index contributed by atoms with van der Waals surface area (Å²) in [5.41, 5.74) is 1.62. The van der Waals surface area contributed by atoms with Crippen molar-refractivity contribution in [2.45, 2.75) is 38.6 Å². The average Bonchev–Trinajstić information content (AvgIpc) is 2.72. The highest BCUT2D eigenvalue weighted by molar-refractivity contribution is 7.99. The van der Waals surface area contributed by atoms with Gasteiger partial charge in [0.2, 0.25) is 11.8 Å². The van der Waals surface area contributed by atoms with Crippen molar-refractivity contribution in [1.29, 1.82) is 0 Å². The van der Waals surface area contributed by atoms with Crippen molar-refractivity contribution in [2.24, 2.45) is 0 Å². The normalized spacial score (nSPS) is 11.8. The first kappa shape index (κ1) is 26.1. The fourth-order valence-electron chi connectivity index (χ4n) is 2.78. The van der Waals surface area contributed by atoms with E-state index in [-0.39, 0.29) is 24.1 Å². The first-order valence-electron chi connectivity index (χ1n) is 9.75. The van der Waals surface area contributed by atoms with Gasteiger partial charge >= 0.3 is 0 Å². The van der Waals surface area contributed by atoms with E-state index in [2.05, 4.69) is 5.32 Å². The van der Waals surface area contributed by atoms with Gasteiger partial charge in [0.1, 0.15) is 6.04 Å². The van der Waals surface area contributed by atoms with Crippen LogP contribution in [0.1, 0.15) is 31.4 Å². The Morgan fingerprint density at radius 1 is 1.00 bits per heavy atom. The summed E-state index contributed by atoms with van der Waals surface area (Å²) in [4.78, 5) is 27.2. The molecule has 31 heavy (non-hydrogen) atoms. The molecule has 0 spiro atoms. The van der Waals surface area contributed by atoms with Crippen molar-refractivity contribution in [3.05, 3.63) is 67.6 Å². The molecule has 0 aliphatic rings. The average molecular weight is 522 g/mol. The number of nitrogens with one attached hydrogen (secondary N) is 1. The largest absolute Gasteiger partial charge is 0.354 e. The molecule has 1 atom stereocenters. The molecule has 0 fully saturated rings. The Labute approximate surface area is 207 Å². The lowest BCUT2D eigenvalue weighted by atomic mass is 10.1. The van der Waals surface area contributed by atoms with E-state index >= 15 is 0 Å². The molecule has 0 saturated carbocycles. The van der Waals surface area contributed by atoms with Crippen molar-refractivity contribution < 1.29 is 9.59 Å². The van der Waals surface area contributed by atoms with Crippen LogP contribution in [-0.2, 0) is 21.9 Å². The summed E-state index contributed by atoms with van der Waals surface area (Å²) >= 11 is 25.9. The minimum Gasteiger partial charge on any atom is -0.354 e. The van der Waals surface area contributed by atoms with Crippen LogP contribution in [0.5, 0.6) is 0 Å². The Hall–Kier alpha value is -1.11. The lowest BCUT2D eigenvalue weighted by molar-refractivity contribution is -0.138. The molecule has 0 heterocycles. The van der Waals surface area contributed by atoms with Crippen LogP contribution in [0, 0.1) is 0 Å². The van der Waals surface area contributed by atoms with E-state index in [4.69, 9.17) is 46.4 Å². The molecule has 0 bridgehead atoms. The van der Waals surface area contributed by atoms with E-state index in [0.717, 1.165) is 17.5 Å².